The minimum absolute atomic E-state index is 0.203. The lowest BCUT2D eigenvalue weighted by Crippen LogP contribution is -2.11. The average Bonchev–Trinajstić information content (AvgIpc) is 3.33. The molecular formula is C28H29ClN4O2. The highest BCUT2D eigenvalue weighted by Gasteiger charge is 2.23. The van der Waals surface area contributed by atoms with Crippen molar-refractivity contribution in [3.8, 4) is 5.75 Å². The van der Waals surface area contributed by atoms with Gasteiger partial charge in [-0.2, -0.15) is 0 Å². The van der Waals surface area contributed by atoms with E-state index in [4.69, 9.17) is 26.3 Å². The molecule has 3 heterocycles. The van der Waals surface area contributed by atoms with Crippen LogP contribution >= 0.6 is 11.6 Å². The summed E-state index contributed by atoms with van der Waals surface area (Å²) in [5, 5.41) is 1.44. The Morgan fingerprint density at radius 3 is 2.43 bits per heavy atom. The molecule has 0 aliphatic carbocycles. The van der Waals surface area contributed by atoms with Crippen LogP contribution in [0.4, 0.5) is 0 Å². The zero-order chi connectivity index (χ0) is 24.7. The Labute approximate surface area is 209 Å². The van der Waals surface area contributed by atoms with Gasteiger partial charge in [-0.05, 0) is 41.7 Å². The summed E-state index contributed by atoms with van der Waals surface area (Å²) in [5.74, 6) is 1.78. The Hall–Kier alpha value is -3.38. The summed E-state index contributed by atoms with van der Waals surface area (Å²) >= 11 is 6.10. The summed E-state index contributed by atoms with van der Waals surface area (Å²) in [6.45, 7) is 8.94. The van der Waals surface area contributed by atoms with Crippen LogP contribution in [0.1, 0.15) is 45.5 Å². The average molecular weight is 489 g/mol. The van der Waals surface area contributed by atoms with Gasteiger partial charge in [-0.3, -0.25) is 9.20 Å². The van der Waals surface area contributed by atoms with Crippen molar-refractivity contribution in [1.82, 2.24) is 18.9 Å². The van der Waals surface area contributed by atoms with Gasteiger partial charge >= 0.3 is 5.97 Å². The quantitative estimate of drug-likeness (QED) is 0.239. The van der Waals surface area contributed by atoms with Crippen LogP contribution in [0.2, 0.25) is 5.02 Å². The van der Waals surface area contributed by atoms with E-state index in [9.17, 15) is 4.79 Å². The molecule has 5 aromatic rings. The van der Waals surface area contributed by atoms with Crippen molar-refractivity contribution in [3.63, 3.8) is 0 Å². The molecule has 0 saturated carbocycles. The number of halogens is 1. The highest BCUT2D eigenvalue weighted by atomic mass is 35.5. The maximum atomic E-state index is 12.7. The second-order valence-electron chi connectivity index (χ2n) is 9.90. The molecule has 3 aromatic heterocycles. The summed E-state index contributed by atoms with van der Waals surface area (Å²) in [6.07, 6.45) is 3.01. The van der Waals surface area contributed by atoms with Crippen molar-refractivity contribution >= 4 is 45.3 Å². The van der Waals surface area contributed by atoms with Gasteiger partial charge in [-0.1, -0.05) is 63.6 Å². The highest BCUT2D eigenvalue weighted by molar-refractivity contribution is 6.30. The molecule has 0 radical (unpaired) electrons. The maximum Gasteiger partial charge on any atom is 0.311 e. The molecule has 0 aliphatic rings. The summed E-state index contributed by atoms with van der Waals surface area (Å²) in [5.41, 5.74) is 4.47. The summed E-state index contributed by atoms with van der Waals surface area (Å²) in [7, 11) is 0. The maximum absolute atomic E-state index is 12.7. The molecule has 0 amide bonds. The fourth-order valence-corrected chi connectivity index (χ4v) is 4.59. The summed E-state index contributed by atoms with van der Waals surface area (Å²) in [6, 6.07) is 15.8. The van der Waals surface area contributed by atoms with Gasteiger partial charge < -0.3 is 9.30 Å². The molecule has 6 nitrogen and oxygen atoms in total. The monoisotopic (exact) mass is 488 g/mol. The zero-order valence-corrected chi connectivity index (χ0v) is 21.2. The first-order valence-corrected chi connectivity index (χ1v) is 12.4. The van der Waals surface area contributed by atoms with Crippen LogP contribution in [0.15, 0.2) is 54.7 Å². The minimum atomic E-state index is -0.258. The standard InChI is InChI=1S/C28H29ClN4O2/c1-17(2)13-24-31-27-26(28-30-21-7-5-6-8-22(21)33(24)28)23(35-25(34)14-18(3)4)16-32(27)15-19-9-11-20(29)12-10-19/h5-12,16-18H,13-15H2,1-4H3. The lowest BCUT2D eigenvalue weighted by Gasteiger charge is -2.11. The smallest absolute Gasteiger partial charge is 0.311 e. The Morgan fingerprint density at radius 1 is 0.971 bits per heavy atom. The lowest BCUT2D eigenvalue weighted by atomic mass is 10.1. The van der Waals surface area contributed by atoms with E-state index >= 15 is 0 Å². The molecule has 0 unspecified atom stereocenters. The number of imidazole rings is 1. The first kappa shape index (κ1) is 23.4. The van der Waals surface area contributed by atoms with E-state index < -0.39 is 0 Å². The molecule has 35 heavy (non-hydrogen) atoms. The topological polar surface area (TPSA) is 61.4 Å². The molecule has 0 bridgehead atoms. The SMILES string of the molecule is CC(C)CC(=O)Oc1cn(Cc2ccc(Cl)cc2)c2nc(CC(C)C)n3c4ccccc4nc3c12. The Balaban J connectivity index is 1.77. The van der Waals surface area contributed by atoms with Crippen LogP contribution < -0.4 is 4.74 Å². The third-order valence-electron chi connectivity index (χ3n) is 5.95. The first-order chi connectivity index (χ1) is 16.8. The number of benzene rings is 2. The van der Waals surface area contributed by atoms with E-state index in [0.717, 1.165) is 45.5 Å². The van der Waals surface area contributed by atoms with Gasteiger partial charge in [0.05, 0.1) is 11.0 Å². The van der Waals surface area contributed by atoms with Gasteiger partial charge in [0.2, 0.25) is 0 Å². The molecule has 2 aromatic carbocycles. The number of para-hydroxylation sites is 2. The van der Waals surface area contributed by atoms with Gasteiger partial charge in [0.25, 0.3) is 0 Å². The highest BCUT2D eigenvalue weighted by Crippen LogP contribution is 2.34. The number of carbonyl (C=O) groups is 1. The summed E-state index contributed by atoms with van der Waals surface area (Å²) in [4.78, 5) is 22.8. The van der Waals surface area contributed by atoms with E-state index in [1.54, 1.807) is 0 Å². The van der Waals surface area contributed by atoms with Gasteiger partial charge in [0, 0.05) is 30.6 Å². The van der Waals surface area contributed by atoms with Crippen LogP contribution in [0.25, 0.3) is 27.7 Å². The van der Waals surface area contributed by atoms with Crippen molar-refractivity contribution in [2.24, 2.45) is 11.8 Å². The van der Waals surface area contributed by atoms with Gasteiger partial charge in [0.1, 0.15) is 16.9 Å². The molecule has 0 atom stereocenters. The van der Waals surface area contributed by atoms with Gasteiger partial charge in [-0.25, -0.2) is 9.97 Å². The van der Waals surface area contributed by atoms with E-state index in [1.165, 1.54) is 0 Å². The number of fused-ring (bicyclic) bond motifs is 5. The molecular weight excluding hydrogens is 460 g/mol. The minimum Gasteiger partial charge on any atom is -0.424 e. The fourth-order valence-electron chi connectivity index (χ4n) is 4.46. The van der Waals surface area contributed by atoms with Crippen LogP contribution in [0, 0.1) is 11.8 Å². The Bertz CT molecular complexity index is 1530. The fraction of sp³-hybridized carbons (Fsp3) is 0.321. The lowest BCUT2D eigenvalue weighted by molar-refractivity contribution is -0.135. The molecule has 0 spiro atoms. The van der Waals surface area contributed by atoms with Crippen LogP contribution in [-0.4, -0.2) is 24.9 Å². The second kappa shape index (κ2) is 9.34. The predicted molar refractivity (Wildman–Crippen MR) is 140 cm³/mol. The van der Waals surface area contributed by atoms with Crippen molar-refractivity contribution in [2.75, 3.05) is 0 Å². The number of esters is 1. The van der Waals surface area contributed by atoms with Gasteiger partial charge in [-0.15, -0.1) is 0 Å². The molecule has 5 rings (SSSR count). The molecule has 0 aliphatic heterocycles. The van der Waals surface area contributed by atoms with E-state index in [-0.39, 0.29) is 11.9 Å². The van der Waals surface area contributed by atoms with Crippen LogP contribution in [-0.2, 0) is 17.8 Å². The number of nitrogens with zero attached hydrogens (tertiary/aromatic N) is 4. The second-order valence-corrected chi connectivity index (χ2v) is 10.3. The number of carbonyl (C=O) groups excluding carboxylic acids is 1. The largest absolute Gasteiger partial charge is 0.424 e. The number of aromatic nitrogens is 4. The molecule has 0 N–H and O–H groups in total. The van der Waals surface area contributed by atoms with Crippen LogP contribution in [0.3, 0.4) is 0 Å². The van der Waals surface area contributed by atoms with Crippen LogP contribution in [0.5, 0.6) is 5.75 Å². The van der Waals surface area contributed by atoms with E-state index in [2.05, 4.69) is 24.3 Å². The molecule has 180 valence electrons. The summed E-state index contributed by atoms with van der Waals surface area (Å²) < 4.78 is 10.1. The molecule has 0 saturated heterocycles. The van der Waals surface area contributed by atoms with Crippen molar-refractivity contribution < 1.29 is 9.53 Å². The molecule has 7 heteroatoms. The third-order valence-corrected chi connectivity index (χ3v) is 6.20. The third kappa shape index (κ3) is 4.63. The number of ether oxygens (including phenoxy) is 1. The number of hydrogen-bond donors (Lipinski definition) is 0. The Morgan fingerprint density at radius 2 is 1.71 bits per heavy atom. The van der Waals surface area contributed by atoms with Crippen molar-refractivity contribution in [3.05, 3.63) is 71.1 Å². The molecule has 0 fully saturated rings. The first-order valence-electron chi connectivity index (χ1n) is 12.0. The van der Waals surface area contributed by atoms with Crippen molar-refractivity contribution in [2.45, 2.75) is 47.1 Å². The predicted octanol–water partition coefficient (Wildman–Crippen LogP) is 6.69. The van der Waals surface area contributed by atoms with E-state index in [1.807, 2.05) is 67.1 Å². The van der Waals surface area contributed by atoms with E-state index in [0.29, 0.717) is 29.7 Å². The number of hydrogen-bond acceptors (Lipinski definition) is 4. The number of rotatable bonds is 7. The van der Waals surface area contributed by atoms with Crippen molar-refractivity contribution in [1.29, 1.82) is 0 Å². The zero-order valence-electron chi connectivity index (χ0n) is 20.5. The van der Waals surface area contributed by atoms with Gasteiger partial charge in [0.15, 0.2) is 11.4 Å². The normalized spacial score (nSPS) is 12.0. The Kier molecular flexibility index (Phi) is 6.24.